The molecule has 1 heterocycles. The van der Waals surface area contributed by atoms with Crippen molar-refractivity contribution < 1.29 is 14.3 Å². The van der Waals surface area contributed by atoms with Crippen LogP contribution in [0.4, 0.5) is 0 Å². The van der Waals surface area contributed by atoms with Crippen LogP contribution in [-0.2, 0) is 14.3 Å². The highest BCUT2D eigenvalue weighted by molar-refractivity contribution is 7.98. The molecule has 104 valence electrons. The molecule has 2 amide bonds. The van der Waals surface area contributed by atoms with Gasteiger partial charge in [0.1, 0.15) is 0 Å². The molecule has 0 spiro atoms. The molecule has 0 aliphatic carbocycles. The van der Waals surface area contributed by atoms with Crippen molar-refractivity contribution in [3.63, 3.8) is 0 Å². The first-order valence-electron chi connectivity index (χ1n) is 6.22. The first-order valence-corrected chi connectivity index (χ1v) is 7.61. The van der Waals surface area contributed by atoms with Crippen LogP contribution in [0.5, 0.6) is 0 Å². The van der Waals surface area contributed by atoms with E-state index in [9.17, 15) is 9.59 Å². The molecule has 1 saturated heterocycles. The number of ether oxygens (including phenoxy) is 1. The molecule has 0 radical (unpaired) electrons. The van der Waals surface area contributed by atoms with Crippen LogP contribution in [0.3, 0.4) is 0 Å². The Morgan fingerprint density at radius 2 is 2.39 bits per heavy atom. The number of methoxy groups -OCH3 is 1. The van der Waals surface area contributed by atoms with Crippen LogP contribution in [0.1, 0.15) is 12.8 Å². The molecule has 0 aromatic heterocycles. The van der Waals surface area contributed by atoms with Gasteiger partial charge in [0.15, 0.2) is 0 Å². The summed E-state index contributed by atoms with van der Waals surface area (Å²) in [7, 11) is 1.61. The Bertz CT molecular complexity index is 286. The number of carbonyl (C=O) groups is 2. The number of amides is 2. The Labute approximate surface area is 113 Å². The Hall–Kier alpha value is -0.750. The minimum atomic E-state index is -0.191. The van der Waals surface area contributed by atoms with E-state index in [4.69, 9.17) is 4.74 Å². The van der Waals surface area contributed by atoms with Crippen molar-refractivity contribution in [1.29, 1.82) is 0 Å². The van der Waals surface area contributed by atoms with Crippen molar-refractivity contribution in [2.75, 3.05) is 45.4 Å². The summed E-state index contributed by atoms with van der Waals surface area (Å²) in [5, 5.41) is 2.89. The summed E-state index contributed by atoms with van der Waals surface area (Å²) in [4.78, 5) is 25.2. The van der Waals surface area contributed by atoms with E-state index in [0.717, 1.165) is 12.2 Å². The van der Waals surface area contributed by atoms with E-state index in [1.807, 2.05) is 6.26 Å². The summed E-state index contributed by atoms with van der Waals surface area (Å²) < 4.78 is 4.94. The van der Waals surface area contributed by atoms with Gasteiger partial charge in [0, 0.05) is 33.2 Å². The van der Waals surface area contributed by atoms with Crippen LogP contribution in [-0.4, -0.2) is 62.1 Å². The van der Waals surface area contributed by atoms with Gasteiger partial charge in [0.2, 0.25) is 11.8 Å². The number of thioether (sulfide) groups is 1. The van der Waals surface area contributed by atoms with E-state index < -0.39 is 0 Å². The molecule has 0 saturated carbocycles. The van der Waals surface area contributed by atoms with Crippen molar-refractivity contribution in [3.05, 3.63) is 0 Å². The first-order chi connectivity index (χ1) is 8.69. The molecule has 0 aromatic rings. The van der Waals surface area contributed by atoms with Gasteiger partial charge < -0.3 is 15.0 Å². The fraction of sp³-hybridized carbons (Fsp3) is 0.833. The summed E-state index contributed by atoms with van der Waals surface area (Å²) in [6.45, 7) is 2.32. The average Bonchev–Trinajstić information content (AvgIpc) is 2.73. The second kappa shape index (κ2) is 8.37. The van der Waals surface area contributed by atoms with E-state index in [0.29, 0.717) is 32.7 Å². The zero-order valence-electron chi connectivity index (χ0n) is 11.1. The van der Waals surface area contributed by atoms with Crippen LogP contribution < -0.4 is 5.32 Å². The molecule has 1 aliphatic heterocycles. The first kappa shape index (κ1) is 15.3. The van der Waals surface area contributed by atoms with Gasteiger partial charge in [0.25, 0.3) is 0 Å². The quantitative estimate of drug-likeness (QED) is 0.649. The predicted octanol–water partition coefficient (Wildman–Crippen LogP) is 0.351. The normalized spacial score (nSPS) is 19.3. The van der Waals surface area contributed by atoms with Gasteiger partial charge in [-0.3, -0.25) is 9.59 Å². The minimum absolute atomic E-state index is 0.00405. The van der Waals surface area contributed by atoms with Crippen LogP contribution in [0.2, 0.25) is 0 Å². The summed E-state index contributed by atoms with van der Waals surface area (Å²) in [6.07, 6.45) is 3.35. The highest BCUT2D eigenvalue weighted by Gasteiger charge is 2.33. The molecule has 0 aromatic carbocycles. The summed E-state index contributed by atoms with van der Waals surface area (Å²) >= 11 is 1.77. The van der Waals surface area contributed by atoms with Gasteiger partial charge in [-0.2, -0.15) is 11.8 Å². The Morgan fingerprint density at radius 3 is 3.06 bits per heavy atom. The molecular formula is C12H22N2O3S. The SMILES string of the molecule is COCCN1CC(C(=O)NCCCSC)CC1=O. The topological polar surface area (TPSA) is 58.6 Å². The van der Waals surface area contributed by atoms with E-state index in [1.165, 1.54) is 0 Å². The maximum absolute atomic E-state index is 11.8. The maximum Gasteiger partial charge on any atom is 0.225 e. The van der Waals surface area contributed by atoms with E-state index in [-0.39, 0.29) is 17.7 Å². The van der Waals surface area contributed by atoms with E-state index >= 15 is 0 Å². The zero-order valence-corrected chi connectivity index (χ0v) is 11.9. The van der Waals surface area contributed by atoms with Crippen molar-refractivity contribution >= 4 is 23.6 Å². The van der Waals surface area contributed by atoms with Gasteiger partial charge in [-0.25, -0.2) is 0 Å². The van der Waals surface area contributed by atoms with Crippen molar-refractivity contribution in [2.45, 2.75) is 12.8 Å². The lowest BCUT2D eigenvalue weighted by atomic mass is 10.1. The lowest BCUT2D eigenvalue weighted by Gasteiger charge is -2.15. The molecule has 1 unspecified atom stereocenters. The minimum Gasteiger partial charge on any atom is -0.383 e. The maximum atomic E-state index is 11.8. The van der Waals surface area contributed by atoms with Crippen LogP contribution in [0, 0.1) is 5.92 Å². The van der Waals surface area contributed by atoms with Gasteiger partial charge in [0.05, 0.1) is 12.5 Å². The summed E-state index contributed by atoms with van der Waals surface area (Å²) in [5.74, 6) is 0.911. The molecule has 1 fully saturated rings. The molecule has 1 N–H and O–H groups in total. The molecule has 18 heavy (non-hydrogen) atoms. The van der Waals surface area contributed by atoms with Crippen molar-refractivity contribution in [2.24, 2.45) is 5.92 Å². The lowest BCUT2D eigenvalue weighted by molar-refractivity contribution is -0.129. The second-order valence-electron chi connectivity index (χ2n) is 4.37. The Balaban J connectivity index is 2.26. The van der Waals surface area contributed by atoms with Crippen molar-refractivity contribution in [3.8, 4) is 0 Å². The van der Waals surface area contributed by atoms with E-state index in [1.54, 1.807) is 23.8 Å². The highest BCUT2D eigenvalue weighted by Crippen LogP contribution is 2.17. The number of likely N-dealkylation sites (tertiary alicyclic amines) is 1. The number of rotatable bonds is 8. The van der Waals surface area contributed by atoms with Crippen LogP contribution in [0.15, 0.2) is 0 Å². The average molecular weight is 274 g/mol. The number of carbonyl (C=O) groups excluding carboxylic acids is 2. The van der Waals surface area contributed by atoms with Crippen LogP contribution >= 0.6 is 11.8 Å². The molecule has 6 heteroatoms. The number of nitrogens with zero attached hydrogens (tertiary/aromatic N) is 1. The molecule has 1 atom stereocenters. The third-order valence-electron chi connectivity index (χ3n) is 2.98. The Kier molecular flexibility index (Phi) is 7.12. The predicted molar refractivity (Wildman–Crippen MR) is 72.6 cm³/mol. The highest BCUT2D eigenvalue weighted by atomic mass is 32.2. The smallest absolute Gasteiger partial charge is 0.225 e. The summed E-state index contributed by atoms with van der Waals surface area (Å²) in [5.41, 5.74) is 0. The fourth-order valence-electron chi connectivity index (χ4n) is 1.94. The van der Waals surface area contributed by atoms with Gasteiger partial charge in [-0.05, 0) is 18.4 Å². The standard InChI is InChI=1S/C12H22N2O3S/c1-17-6-5-14-9-10(8-11(14)15)12(16)13-4-3-7-18-2/h10H,3-9H2,1-2H3,(H,13,16). The van der Waals surface area contributed by atoms with Gasteiger partial charge in [-0.1, -0.05) is 0 Å². The molecular weight excluding hydrogens is 252 g/mol. The molecule has 1 aliphatic rings. The van der Waals surface area contributed by atoms with Crippen LogP contribution in [0.25, 0.3) is 0 Å². The monoisotopic (exact) mass is 274 g/mol. The van der Waals surface area contributed by atoms with Gasteiger partial charge in [-0.15, -0.1) is 0 Å². The number of nitrogens with one attached hydrogen (secondary N) is 1. The largest absolute Gasteiger partial charge is 0.383 e. The fourth-order valence-corrected chi connectivity index (χ4v) is 2.37. The third kappa shape index (κ3) is 4.86. The molecule has 1 rings (SSSR count). The number of hydrogen-bond acceptors (Lipinski definition) is 4. The van der Waals surface area contributed by atoms with Gasteiger partial charge >= 0.3 is 0 Å². The summed E-state index contributed by atoms with van der Waals surface area (Å²) in [6, 6.07) is 0. The number of hydrogen-bond donors (Lipinski definition) is 1. The third-order valence-corrected chi connectivity index (χ3v) is 3.67. The second-order valence-corrected chi connectivity index (χ2v) is 5.36. The zero-order chi connectivity index (χ0) is 13.4. The lowest BCUT2D eigenvalue weighted by Crippen LogP contribution is -2.34. The molecule has 5 nitrogen and oxygen atoms in total. The van der Waals surface area contributed by atoms with Crippen molar-refractivity contribution in [1.82, 2.24) is 10.2 Å². The Morgan fingerprint density at radius 1 is 1.61 bits per heavy atom. The van der Waals surface area contributed by atoms with E-state index in [2.05, 4.69) is 5.32 Å². The molecule has 0 bridgehead atoms.